The molecule has 0 aromatic carbocycles. The fraction of sp³-hybridized carbons (Fsp3) is 0.615. The summed E-state index contributed by atoms with van der Waals surface area (Å²) in [5.74, 6) is 0.849. The van der Waals surface area contributed by atoms with Gasteiger partial charge in [0, 0.05) is 18.2 Å². The first-order chi connectivity index (χ1) is 7.76. The van der Waals surface area contributed by atoms with Gasteiger partial charge < -0.3 is 10.5 Å². The van der Waals surface area contributed by atoms with Crippen molar-refractivity contribution in [1.29, 1.82) is 0 Å². The minimum absolute atomic E-state index is 0.208. The summed E-state index contributed by atoms with van der Waals surface area (Å²) in [5.41, 5.74) is 6.91. The Morgan fingerprint density at radius 2 is 2.19 bits per heavy atom. The highest BCUT2D eigenvalue weighted by molar-refractivity contribution is 5.20. The first-order valence-corrected chi connectivity index (χ1v) is 6.09. The van der Waals surface area contributed by atoms with Crippen LogP contribution in [0.2, 0.25) is 0 Å². The van der Waals surface area contributed by atoms with Crippen molar-refractivity contribution in [2.45, 2.75) is 45.6 Å². The van der Waals surface area contributed by atoms with Crippen LogP contribution in [0.4, 0.5) is 0 Å². The molecular formula is C13H22N2O. The van der Waals surface area contributed by atoms with Crippen molar-refractivity contribution in [2.75, 3.05) is 6.61 Å². The monoisotopic (exact) mass is 222 g/mol. The van der Waals surface area contributed by atoms with Gasteiger partial charge in [-0.15, -0.1) is 0 Å². The number of nitrogens with zero attached hydrogens (tertiary/aromatic N) is 1. The first kappa shape index (κ1) is 13.0. The maximum Gasteiger partial charge on any atom is 0.137 e. The van der Waals surface area contributed by atoms with Crippen molar-refractivity contribution in [3.05, 3.63) is 24.0 Å². The standard InChI is InChI=1S/C13H22N2O/c1-3-5-8-16-13-7-6-12(15-10-13)9-11(14)4-2/h6-7,10-11H,3-5,8-9,14H2,1-2H3. The molecule has 0 radical (unpaired) electrons. The van der Waals surface area contributed by atoms with E-state index >= 15 is 0 Å². The lowest BCUT2D eigenvalue weighted by molar-refractivity contribution is 0.308. The maximum atomic E-state index is 5.87. The molecule has 1 rings (SSSR count). The fourth-order valence-corrected chi connectivity index (χ4v) is 1.36. The Hall–Kier alpha value is -1.09. The van der Waals surface area contributed by atoms with Crippen LogP contribution in [-0.4, -0.2) is 17.6 Å². The van der Waals surface area contributed by atoms with Gasteiger partial charge in [-0.1, -0.05) is 20.3 Å². The Bertz CT molecular complexity index is 284. The molecule has 0 amide bonds. The van der Waals surface area contributed by atoms with Crippen LogP contribution in [0, 0.1) is 0 Å². The third-order valence-electron chi connectivity index (χ3n) is 2.56. The van der Waals surface area contributed by atoms with Gasteiger partial charge in [0.1, 0.15) is 5.75 Å². The number of hydrogen-bond donors (Lipinski definition) is 1. The molecule has 3 nitrogen and oxygen atoms in total. The zero-order valence-electron chi connectivity index (χ0n) is 10.3. The smallest absolute Gasteiger partial charge is 0.137 e. The predicted molar refractivity (Wildman–Crippen MR) is 66.6 cm³/mol. The Morgan fingerprint density at radius 3 is 2.75 bits per heavy atom. The Balaban J connectivity index is 2.41. The van der Waals surface area contributed by atoms with E-state index in [1.54, 1.807) is 6.20 Å². The van der Waals surface area contributed by atoms with Crippen LogP contribution in [0.15, 0.2) is 18.3 Å². The number of nitrogens with two attached hydrogens (primary N) is 1. The van der Waals surface area contributed by atoms with Crippen molar-refractivity contribution < 1.29 is 4.74 Å². The highest BCUT2D eigenvalue weighted by atomic mass is 16.5. The van der Waals surface area contributed by atoms with Gasteiger partial charge in [0.2, 0.25) is 0 Å². The van der Waals surface area contributed by atoms with E-state index in [4.69, 9.17) is 10.5 Å². The van der Waals surface area contributed by atoms with Crippen molar-refractivity contribution >= 4 is 0 Å². The van der Waals surface area contributed by atoms with Crippen LogP contribution >= 0.6 is 0 Å². The lowest BCUT2D eigenvalue weighted by Crippen LogP contribution is -2.21. The van der Waals surface area contributed by atoms with Gasteiger partial charge in [-0.25, -0.2) is 0 Å². The van der Waals surface area contributed by atoms with Gasteiger partial charge in [0.25, 0.3) is 0 Å². The van der Waals surface area contributed by atoms with Crippen LogP contribution in [0.3, 0.4) is 0 Å². The molecule has 0 fully saturated rings. The molecule has 0 saturated heterocycles. The zero-order chi connectivity index (χ0) is 11.8. The summed E-state index contributed by atoms with van der Waals surface area (Å²) in [6.45, 7) is 5.01. The van der Waals surface area contributed by atoms with Gasteiger partial charge in [-0.2, -0.15) is 0 Å². The second-order valence-corrected chi connectivity index (χ2v) is 4.06. The predicted octanol–water partition coefficient (Wildman–Crippen LogP) is 2.54. The topological polar surface area (TPSA) is 48.1 Å². The van der Waals surface area contributed by atoms with E-state index in [9.17, 15) is 0 Å². The van der Waals surface area contributed by atoms with E-state index in [0.29, 0.717) is 0 Å². The third-order valence-corrected chi connectivity index (χ3v) is 2.56. The molecule has 1 aromatic rings. The summed E-state index contributed by atoms with van der Waals surface area (Å²) in [7, 11) is 0. The van der Waals surface area contributed by atoms with Crippen molar-refractivity contribution in [3.63, 3.8) is 0 Å². The van der Waals surface area contributed by atoms with E-state index < -0.39 is 0 Å². The Labute approximate surface area is 98.0 Å². The summed E-state index contributed by atoms with van der Waals surface area (Å²) >= 11 is 0. The second-order valence-electron chi connectivity index (χ2n) is 4.06. The molecule has 2 N–H and O–H groups in total. The summed E-state index contributed by atoms with van der Waals surface area (Å²) in [5, 5.41) is 0. The van der Waals surface area contributed by atoms with Crippen molar-refractivity contribution in [1.82, 2.24) is 4.98 Å². The van der Waals surface area contributed by atoms with E-state index in [1.165, 1.54) is 0 Å². The minimum atomic E-state index is 0.208. The molecule has 0 saturated carbocycles. The largest absolute Gasteiger partial charge is 0.492 e. The SMILES string of the molecule is CCCCOc1ccc(CC(N)CC)nc1. The first-order valence-electron chi connectivity index (χ1n) is 6.09. The minimum Gasteiger partial charge on any atom is -0.492 e. The summed E-state index contributed by atoms with van der Waals surface area (Å²) in [6.07, 6.45) is 5.84. The van der Waals surface area contributed by atoms with Gasteiger partial charge in [0.05, 0.1) is 12.8 Å². The fourth-order valence-electron chi connectivity index (χ4n) is 1.36. The highest BCUT2D eigenvalue weighted by Gasteiger charge is 2.02. The molecule has 0 aliphatic carbocycles. The van der Waals surface area contributed by atoms with Gasteiger partial charge in [-0.3, -0.25) is 4.98 Å². The number of rotatable bonds is 7. The molecule has 16 heavy (non-hydrogen) atoms. The second kappa shape index (κ2) is 7.23. The quantitative estimate of drug-likeness (QED) is 0.721. The molecule has 0 aliphatic rings. The average Bonchev–Trinajstić information content (AvgIpc) is 2.31. The highest BCUT2D eigenvalue weighted by Crippen LogP contribution is 2.11. The maximum absolute atomic E-state index is 5.87. The third kappa shape index (κ3) is 4.62. The number of aromatic nitrogens is 1. The lowest BCUT2D eigenvalue weighted by atomic mass is 10.1. The van der Waals surface area contributed by atoms with Crippen molar-refractivity contribution in [3.8, 4) is 5.75 Å². The molecule has 1 atom stereocenters. The normalized spacial score (nSPS) is 12.4. The number of pyridine rings is 1. The summed E-state index contributed by atoms with van der Waals surface area (Å²) in [6, 6.07) is 4.18. The summed E-state index contributed by atoms with van der Waals surface area (Å²) in [4.78, 5) is 4.34. The summed E-state index contributed by atoms with van der Waals surface area (Å²) < 4.78 is 5.54. The molecule has 0 spiro atoms. The number of hydrogen-bond acceptors (Lipinski definition) is 3. The zero-order valence-corrected chi connectivity index (χ0v) is 10.3. The van der Waals surface area contributed by atoms with E-state index in [0.717, 1.165) is 43.7 Å². The molecule has 90 valence electrons. The Kier molecular flexibility index (Phi) is 5.86. The number of ether oxygens (including phenoxy) is 1. The molecule has 1 unspecified atom stereocenters. The van der Waals surface area contributed by atoms with E-state index in [1.807, 2.05) is 12.1 Å². The van der Waals surface area contributed by atoms with Crippen LogP contribution in [0.5, 0.6) is 5.75 Å². The molecule has 1 heterocycles. The van der Waals surface area contributed by atoms with Crippen LogP contribution < -0.4 is 10.5 Å². The van der Waals surface area contributed by atoms with Crippen LogP contribution in [0.25, 0.3) is 0 Å². The van der Waals surface area contributed by atoms with Gasteiger partial charge in [0.15, 0.2) is 0 Å². The average molecular weight is 222 g/mol. The van der Waals surface area contributed by atoms with Crippen LogP contribution in [-0.2, 0) is 6.42 Å². The molecular weight excluding hydrogens is 200 g/mol. The van der Waals surface area contributed by atoms with E-state index in [2.05, 4.69) is 18.8 Å². The van der Waals surface area contributed by atoms with Gasteiger partial charge in [-0.05, 0) is 25.0 Å². The van der Waals surface area contributed by atoms with Crippen LogP contribution in [0.1, 0.15) is 38.8 Å². The Morgan fingerprint density at radius 1 is 1.38 bits per heavy atom. The van der Waals surface area contributed by atoms with Crippen molar-refractivity contribution in [2.24, 2.45) is 5.73 Å². The van der Waals surface area contributed by atoms with E-state index in [-0.39, 0.29) is 6.04 Å². The molecule has 3 heteroatoms. The lowest BCUT2D eigenvalue weighted by Gasteiger charge is -2.09. The van der Waals surface area contributed by atoms with Gasteiger partial charge >= 0.3 is 0 Å². The molecule has 1 aromatic heterocycles. The molecule has 0 aliphatic heterocycles. The number of unbranched alkanes of at least 4 members (excludes halogenated alkanes) is 1. The molecule has 0 bridgehead atoms.